The average molecular weight is 384 g/mol. The maximum Gasteiger partial charge on any atom is 0.337 e. The molecule has 0 fully saturated rings. The molecule has 1 amide bonds. The fourth-order valence-electron chi connectivity index (χ4n) is 2.34. The minimum Gasteiger partial charge on any atom is -0.478 e. The third kappa shape index (κ3) is 4.16. The van der Waals surface area contributed by atoms with Gasteiger partial charge in [0.05, 0.1) is 22.4 Å². The normalized spacial score (nSPS) is 10.9. The molecule has 0 spiro atoms. The number of nitrogen functional groups attached to an aromatic ring is 1. The molecule has 0 aliphatic rings. The summed E-state index contributed by atoms with van der Waals surface area (Å²) in [5, 5.41) is 13.0. The molecule has 1 heterocycles. The molecule has 0 bridgehead atoms. The summed E-state index contributed by atoms with van der Waals surface area (Å²) in [5.74, 6) is -0.667. The minimum atomic E-state index is -1.10. The van der Waals surface area contributed by atoms with Crippen molar-refractivity contribution in [3.05, 3.63) is 76.5 Å². The van der Waals surface area contributed by atoms with E-state index in [1.54, 1.807) is 42.5 Å². The Bertz CT molecular complexity index is 1040. The number of carboxylic acids is 1. The minimum absolute atomic E-state index is 0.0108. The topological polar surface area (TPSA) is 118 Å². The summed E-state index contributed by atoms with van der Waals surface area (Å²) in [5.41, 5.74) is 9.41. The van der Waals surface area contributed by atoms with Crippen LogP contribution in [0, 0.1) is 0 Å². The number of para-hydroxylation sites is 1. The highest BCUT2D eigenvalue weighted by atomic mass is 35.5. The molecule has 7 nitrogen and oxygen atoms in total. The Balaban J connectivity index is 1.70. The van der Waals surface area contributed by atoms with Crippen LogP contribution in [-0.4, -0.2) is 23.2 Å². The molecule has 0 unspecified atom stereocenters. The van der Waals surface area contributed by atoms with Gasteiger partial charge in [0.15, 0.2) is 0 Å². The van der Waals surface area contributed by atoms with Gasteiger partial charge in [-0.1, -0.05) is 29.8 Å². The summed E-state index contributed by atoms with van der Waals surface area (Å²) in [6.07, 6.45) is 1.34. The lowest BCUT2D eigenvalue weighted by molar-refractivity contribution is 0.0696. The van der Waals surface area contributed by atoms with Crippen LogP contribution in [0.1, 0.15) is 26.5 Å². The van der Waals surface area contributed by atoms with Gasteiger partial charge >= 0.3 is 5.97 Å². The standard InChI is InChI=1S/C19H14ClN3O4/c20-15-9-11(5-7-13(15)19(25)26)17-8-6-12(27-17)10-22-23-18(24)14-3-1-2-4-16(14)21/h1-10H,21H2,(H,23,24)(H,25,26)/b22-10-. The van der Waals surface area contributed by atoms with Gasteiger partial charge in [-0.25, -0.2) is 10.2 Å². The number of amides is 1. The largest absolute Gasteiger partial charge is 0.478 e. The van der Waals surface area contributed by atoms with E-state index < -0.39 is 11.9 Å². The summed E-state index contributed by atoms with van der Waals surface area (Å²) < 4.78 is 5.60. The number of aromatic carboxylic acids is 1. The van der Waals surface area contributed by atoms with Crippen molar-refractivity contribution in [1.82, 2.24) is 5.43 Å². The Morgan fingerprint density at radius 1 is 1.11 bits per heavy atom. The molecule has 27 heavy (non-hydrogen) atoms. The first-order valence-corrected chi connectivity index (χ1v) is 8.14. The number of anilines is 1. The van der Waals surface area contributed by atoms with Gasteiger partial charge in [0.2, 0.25) is 0 Å². The third-order valence-corrected chi connectivity index (χ3v) is 3.99. The molecule has 0 aliphatic heterocycles. The van der Waals surface area contributed by atoms with E-state index in [1.165, 1.54) is 18.3 Å². The van der Waals surface area contributed by atoms with E-state index in [0.717, 1.165) is 0 Å². The Labute approximate surface area is 159 Å². The molecular weight excluding hydrogens is 370 g/mol. The quantitative estimate of drug-likeness (QED) is 0.353. The Kier molecular flexibility index (Phi) is 5.23. The fourth-order valence-corrected chi connectivity index (χ4v) is 2.60. The number of hydrazone groups is 1. The zero-order chi connectivity index (χ0) is 19.4. The number of carbonyl (C=O) groups excluding carboxylic acids is 1. The molecule has 0 saturated carbocycles. The summed E-state index contributed by atoms with van der Waals surface area (Å²) >= 11 is 5.96. The summed E-state index contributed by atoms with van der Waals surface area (Å²) in [7, 11) is 0. The molecule has 4 N–H and O–H groups in total. The molecule has 136 valence electrons. The van der Waals surface area contributed by atoms with Crippen LogP contribution >= 0.6 is 11.6 Å². The number of benzene rings is 2. The molecule has 0 aliphatic carbocycles. The van der Waals surface area contributed by atoms with Gasteiger partial charge in [-0.3, -0.25) is 4.79 Å². The smallest absolute Gasteiger partial charge is 0.337 e. The van der Waals surface area contributed by atoms with Gasteiger partial charge in [0.1, 0.15) is 11.5 Å². The summed E-state index contributed by atoms with van der Waals surface area (Å²) in [6, 6.07) is 14.5. The third-order valence-electron chi connectivity index (χ3n) is 3.67. The monoisotopic (exact) mass is 383 g/mol. The Hall–Kier alpha value is -3.58. The number of nitrogens with two attached hydrogens (primary N) is 1. The molecular formula is C19H14ClN3O4. The van der Waals surface area contributed by atoms with E-state index in [4.69, 9.17) is 26.9 Å². The van der Waals surface area contributed by atoms with Crippen molar-refractivity contribution in [2.45, 2.75) is 0 Å². The number of hydrogen-bond acceptors (Lipinski definition) is 5. The number of nitrogens with one attached hydrogen (secondary N) is 1. The predicted octanol–water partition coefficient (Wildman–Crippen LogP) is 3.64. The van der Waals surface area contributed by atoms with Crippen molar-refractivity contribution >= 4 is 35.4 Å². The van der Waals surface area contributed by atoms with Gasteiger partial charge in [0.25, 0.3) is 5.91 Å². The van der Waals surface area contributed by atoms with Gasteiger partial charge in [-0.2, -0.15) is 5.10 Å². The van der Waals surface area contributed by atoms with Gasteiger partial charge < -0.3 is 15.3 Å². The van der Waals surface area contributed by atoms with Crippen LogP contribution in [0.2, 0.25) is 5.02 Å². The van der Waals surface area contributed by atoms with Crippen LogP contribution in [0.25, 0.3) is 11.3 Å². The van der Waals surface area contributed by atoms with Crippen LogP contribution in [-0.2, 0) is 0 Å². The number of carboxylic acid groups (broad SMARTS) is 1. The molecule has 3 rings (SSSR count). The van der Waals surface area contributed by atoms with Crippen LogP contribution < -0.4 is 11.2 Å². The first-order chi connectivity index (χ1) is 13.0. The molecule has 1 aromatic heterocycles. The van der Waals surface area contributed by atoms with E-state index in [9.17, 15) is 9.59 Å². The SMILES string of the molecule is Nc1ccccc1C(=O)N/N=C\c1ccc(-c2ccc(C(=O)O)c(Cl)c2)o1. The maximum atomic E-state index is 12.0. The fraction of sp³-hybridized carbons (Fsp3) is 0. The predicted molar refractivity (Wildman–Crippen MR) is 102 cm³/mol. The molecule has 0 atom stereocenters. The first-order valence-electron chi connectivity index (χ1n) is 7.76. The van der Waals surface area contributed by atoms with Crippen LogP contribution in [0.5, 0.6) is 0 Å². The second-order valence-corrected chi connectivity index (χ2v) is 5.90. The second kappa shape index (κ2) is 7.76. The van der Waals surface area contributed by atoms with Gasteiger partial charge in [0, 0.05) is 11.3 Å². The van der Waals surface area contributed by atoms with E-state index in [1.807, 2.05) is 0 Å². The Morgan fingerprint density at radius 2 is 1.89 bits per heavy atom. The van der Waals surface area contributed by atoms with Crippen molar-refractivity contribution < 1.29 is 19.1 Å². The molecule has 0 radical (unpaired) electrons. The lowest BCUT2D eigenvalue weighted by Gasteiger charge is -2.02. The zero-order valence-electron chi connectivity index (χ0n) is 13.8. The van der Waals surface area contributed by atoms with E-state index in [2.05, 4.69) is 10.5 Å². The summed E-state index contributed by atoms with van der Waals surface area (Å²) in [4.78, 5) is 23.0. The number of carbonyl (C=O) groups is 2. The molecule has 3 aromatic rings. The lowest BCUT2D eigenvalue weighted by Crippen LogP contribution is -2.18. The van der Waals surface area contributed by atoms with Gasteiger partial charge in [-0.15, -0.1) is 0 Å². The first kappa shape index (κ1) is 18.2. The van der Waals surface area contributed by atoms with Crippen LogP contribution in [0.15, 0.2) is 64.1 Å². The average Bonchev–Trinajstić information content (AvgIpc) is 3.10. The number of hydrogen-bond donors (Lipinski definition) is 3. The van der Waals surface area contributed by atoms with E-state index in [-0.39, 0.29) is 10.6 Å². The number of nitrogens with zero attached hydrogens (tertiary/aromatic N) is 1. The molecule has 8 heteroatoms. The van der Waals surface area contributed by atoms with Crippen molar-refractivity contribution in [1.29, 1.82) is 0 Å². The number of furan rings is 1. The molecule has 2 aromatic carbocycles. The van der Waals surface area contributed by atoms with Crippen molar-refractivity contribution in [3.8, 4) is 11.3 Å². The van der Waals surface area contributed by atoms with Crippen LogP contribution in [0.4, 0.5) is 5.69 Å². The van der Waals surface area contributed by atoms with E-state index >= 15 is 0 Å². The maximum absolute atomic E-state index is 12.0. The number of halogens is 1. The Morgan fingerprint density at radius 3 is 2.59 bits per heavy atom. The second-order valence-electron chi connectivity index (χ2n) is 5.49. The number of rotatable bonds is 5. The van der Waals surface area contributed by atoms with Crippen molar-refractivity contribution in [2.24, 2.45) is 5.10 Å². The van der Waals surface area contributed by atoms with Crippen molar-refractivity contribution in [3.63, 3.8) is 0 Å². The van der Waals surface area contributed by atoms with Crippen LogP contribution in [0.3, 0.4) is 0 Å². The highest BCUT2D eigenvalue weighted by molar-refractivity contribution is 6.33. The molecule has 0 saturated heterocycles. The van der Waals surface area contributed by atoms with Crippen molar-refractivity contribution in [2.75, 3.05) is 5.73 Å². The summed E-state index contributed by atoms with van der Waals surface area (Å²) in [6.45, 7) is 0. The zero-order valence-corrected chi connectivity index (χ0v) is 14.6. The highest BCUT2D eigenvalue weighted by Gasteiger charge is 2.12. The highest BCUT2D eigenvalue weighted by Crippen LogP contribution is 2.27. The van der Waals surface area contributed by atoms with Gasteiger partial charge in [-0.05, 0) is 36.4 Å². The lowest BCUT2D eigenvalue weighted by atomic mass is 10.1. The van der Waals surface area contributed by atoms with E-state index in [0.29, 0.717) is 28.3 Å².